The zero-order valence-electron chi connectivity index (χ0n) is 9.96. The lowest BCUT2D eigenvalue weighted by Gasteiger charge is -2.10. The molecule has 0 saturated carbocycles. The Labute approximate surface area is 111 Å². The number of benzene rings is 1. The molecule has 1 aliphatic rings. The molecular weight excluding hydrogens is 254 g/mol. The molecular formula is C12H16ClN3O2. The van der Waals surface area contributed by atoms with E-state index in [1.54, 1.807) is 0 Å². The molecule has 2 amide bonds. The predicted molar refractivity (Wildman–Crippen MR) is 69.9 cm³/mol. The summed E-state index contributed by atoms with van der Waals surface area (Å²) in [5.41, 5.74) is 7.18. The van der Waals surface area contributed by atoms with E-state index >= 15 is 0 Å². The van der Waals surface area contributed by atoms with E-state index in [-0.39, 0.29) is 0 Å². The molecule has 0 fully saturated rings. The summed E-state index contributed by atoms with van der Waals surface area (Å²) < 4.78 is 5.59. The summed E-state index contributed by atoms with van der Waals surface area (Å²) in [6.45, 7) is 2.51. The summed E-state index contributed by atoms with van der Waals surface area (Å²) in [5.74, 6) is 0.940. The van der Waals surface area contributed by atoms with Crippen LogP contribution < -0.4 is 21.1 Å². The fourth-order valence-electron chi connectivity index (χ4n) is 1.97. The smallest absolute Gasteiger partial charge is 0.312 e. The molecule has 1 aromatic rings. The summed E-state index contributed by atoms with van der Waals surface area (Å²) in [5, 5.41) is 6.45. The monoisotopic (exact) mass is 269 g/mol. The first kappa shape index (κ1) is 13.0. The molecule has 0 radical (unpaired) electrons. The quantitative estimate of drug-likeness (QED) is 0.699. The Morgan fingerprint density at radius 3 is 3.06 bits per heavy atom. The minimum atomic E-state index is -0.510. The molecule has 1 aromatic carbocycles. The van der Waals surface area contributed by atoms with Gasteiger partial charge in [0.15, 0.2) is 0 Å². The molecule has 5 nitrogen and oxygen atoms in total. The molecule has 4 N–H and O–H groups in total. The maximum Gasteiger partial charge on any atom is 0.312 e. The van der Waals surface area contributed by atoms with Gasteiger partial charge in [0.1, 0.15) is 5.75 Å². The highest BCUT2D eigenvalue weighted by Gasteiger charge is 2.17. The number of hydrogen-bond acceptors (Lipinski definition) is 3. The number of ether oxygens (including phenoxy) is 1. The van der Waals surface area contributed by atoms with Crippen molar-refractivity contribution in [1.29, 1.82) is 0 Å². The van der Waals surface area contributed by atoms with Gasteiger partial charge in [-0.1, -0.05) is 11.6 Å². The maximum absolute atomic E-state index is 10.5. The molecule has 0 aliphatic carbocycles. The number of hydrogen-bond donors (Lipinski definition) is 3. The number of nitrogens with two attached hydrogens (primary N) is 1. The second-order valence-corrected chi connectivity index (χ2v) is 4.56. The molecule has 1 aliphatic heterocycles. The van der Waals surface area contributed by atoms with Gasteiger partial charge in [0, 0.05) is 36.6 Å². The summed E-state index contributed by atoms with van der Waals surface area (Å²) in [6, 6.07) is 3.34. The Hall–Kier alpha value is -1.46. The van der Waals surface area contributed by atoms with Gasteiger partial charge >= 0.3 is 6.03 Å². The Kier molecular flexibility index (Phi) is 4.28. The van der Waals surface area contributed by atoms with E-state index in [2.05, 4.69) is 10.6 Å². The zero-order valence-corrected chi connectivity index (χ0v) is 10.7. The van der Waals surface area contributed by atoms with E-state index in [4.69, 9.17) is 22.1 Å². The van der Waals surface area contributed by atoms with Crippen molar-refractivity contribution in [3.05, 3.63) is 28.3 Å². The first-order valence-corrected chi connectivity index (χ1v) is 6.23. The second kappa shape index (κ2) is 5.93. The van der Waals surface area contributed by atoms with Crippen LogP contribution in [-0.4, -0.2) is 25.7 Å². The molecule has 1 heterocycles. The molecule has 0 spiro atoms. The van der Waals surface area contributed by atoms with E-state index < -0.39 is 6.03 Å². The van der Waals surface area contributed by atoms with E-state index in [9.17, 15) is 4.79 Å². The van der Waals surface area contributed by atoms with Crippen molar-refractivity contribution in [2.24, 2.45) is 5.73 Å². The first-order chi connectivity index (χ1) is 8.66. The lowest BCUT2D eigenvalue weighted by Crippen LogP contribution is -2.35. The Bertz CT molecular complexity index is 451. The number of rotatable bonds is 5. The molecule has 0 saturated heterocycles. The molecule has 6 heteroatoms. The van der Waals surface area contributed by atoms with Gasteiger partial charge < -0.3 is 21.1 Å². The molecule has 0 bridgehead atoms. The van der Waals surface area contributed by atoms with Crippen LogP contribution in [0.4, 0.5) is 4.79 Å². The molecule has 98 valence electrons. The summed E-state index contributed by atoms with van der Waals surface area (Å²) in [4.78, 5) is 10.5. The number of carbonyl (C=O) groups excluding carboxylic acids is 1. The fraction of sp³-hybridized carbons (Fsp3) is 0.417. The number of fused-ring (bicyclic) bond motifs is 1. The van der Waals surface area contributed by atoms with Crippen molar-refractivity contribution >= 4 is 17.6 Å². The third kappa shape index (κ3) is 3.27. The van der Waals surface area contributed by atoms with Crippen molar-refractivity contribution in [2.75, 3.05) is 19.7 Å². The highest BCUT2D eigenvalue weighted by molar-refractivity contribution is 6.30. The van der Waals surface area contributed by atoms with Crippen LogP contribution in [0.5, 0.6) is 5.75 Å². The lowest BCUT2D eigenvalue weighted by molar-refractivity contribution is 0.249. The highest BCUT2D eigenvalue weighted by atomic mass is 35.5. The minimum Gasteiger partial charge on any atom is -0.493 e. The van der Waals surface area contributed by atoms with Gasteiger partial charge in [-0.3, -0.25) is 0 Å². The third-order valence-corrected chi connectivity index (χ3v) is 2.96. The fourth-order valence-corrected chi connectivity index (χ4v) is 2.24. The number of urea groups is 1. The third-order valence-electron chi connectivity index (χ3n) is 2.74. The number of primary amides is 1. The van der Waals surface area contributed by atoms with Crippen molar-refractivity contribution in [3.63, 3.8) is 0 Å². The second-order valence-electron chi connectivity index (χ2n) is 4.12. The van der Waals surface area contributed by atoms with Crippen LogP contribution in [-0.2, 0) is 13.0 Å². The average molecular weight is 270 g/mol. The Morgan fingerprint density at radius 1 is 1.44 bits per heavy atom. The van der Waals surface area contributed by atoms with Gasteiger partial charge in [-0.05, 0) is 17.7 Å². The molecule has 18 heavy (non-hydrogen) atoms. The number of amides is 2. The Balaban J connectivity index is 1.88. The highest BCUT2D eigenvalue weighted by Crippen LogP contribution is 2.32. The normalized spacial score (nSPS) is 12.9. The van der Waals surface area contributed by atoms with Gasteiger partial charge in [0.25, 0.3) is 0 Å². The molecule has 2 rings (SSSR count). The largest absolute Gasteiger partial charge is 0.493 e. The van der Waals surface area contributed by atoms with Gasteiger partial charge in [-0.15, -0.1) is 0 Å². The van der Waals surface area contributed by atoms with Crippen molar-refractivity contribution < 1.29 is 9.53 Å². The van der Waals surface area contributed by atoms with Crippen molar-refractivity contribution in [1.82, 2.24) is 10.6 Å². The van der Waals surface area contributed by atoms with Crippen LogP contribution in [0.2, 0.25) is 5.02 Å². The van der Waals surface area contributed by atoms with Crippen molar-refractivity contribution in [2.45, 2.75) is 13.0 Å². The van der Waals surface area contributed by atoms with Gasteiger partial charge in [0.05, 0.1) is 6.61 Å². The topological polar surface area (TPSA) is 76.4 Å². The standard InChI is InChI=1S/C12H16ClN3O2/c13-10-5-8-1-4-18-11(8)9(6-10)7-15-2-3-16-12(14)17/h5-6,15H,1-4,7H2,(H3,14,16,17). The number of halogens is 1. The van der Waals surface area contributed by atoms with Gasteiger partial charge in [0.2, 0.25) is 0 Å². The van der Waals surface area contributed by atoms with Crippen LogP contribution in [0.15, 0.2) is 12.1 Å². The average Bonchev–Trinajstić information content (AvgIpc) is 2.75. The van der Waals surface area contributed by atoms with Crippen LogP contribution in [0.3, 0.4) is 0 Å². The van der Waals surface area contributed by atoms with Crippen molar-refractivity contribution in [3.8, 4) is 5.75 Å². The SMILES string of the molecule is NC(=O)NCCNCc1cc(Cl)cc2c1OCC2. The predicted octanol–water partition coefficient (Wildman–Crippen LogP) is 1.03. The molecule has 0 unspecified atom stereocenters. The molecule has 0 atom stereocenters. The van der Waals surface area contributed by atoms with Gasteiger partial charge in [-0.25, -0.2) is 4.79 Å². The summed E-state index contributed by atoms with van der Waals surface area (Å²) >= 11 is 6.05. The van der Waals surface area contributed by atoms with E-state index in [0.29, 0.717) is 26.2 Å². The van der Waals surface area contributed by atoms with Gasteiger partial charge in [-0.2, -0.15) is 0 Å². The van der Waals surface area contributed by atoms with E-state index in [0.717, 1.165) is 28.3 Å². The Morgan fingerprint density at radius 2 is 2.28 bits per heavy atom. The number of nitrogens with one attached hydrogen (secondary N) is 2. The minimum absolute atomic E-state index is 0.499. The van der Waals surface area contributed by atoms with E-state index in [1.807, 2.05) is 12.1 Å². The van der Waals surface area contributed by atoms with E-state index in [1.165, 1.54) is 0 Å². The maximum atomic E-state index is 10.5. The molecule has 0 aromatic heterocycles. The van der Waals surface area contributed by atoms with Crippen LogP contribution >= 0.6 is 11.6 Å². The van der Waals surface area contributed by atoms with Crippen LogP contribution in [0.1, 0.15) is 11.1 Å². The zero-order chi connectivity index (χ0) is 13.0. The summed E-state index contributed by atoms with van der Waals surface area (Å²) in [6.07, 6.45) is 0.909. The first-order valence-electron chi connectivity index (χ1n) is 5.85. The van der Waals surface area contributed by atoms with Crippen LogP contribution in [0, 0.1) is 0 Å². The number of carbonyl (C=O) groups is 1. The summed E-state index contributed by atoms with van der Waals surface area (Å²) in [7, 11) is 0. The van der Waals surface area contributed by atoms with Crippen LogP contribution in [0.25, 0.3) is 0 Å². The lowest BCUT2D eigenvalue weighted by atomic mass is 10.1.